The third-order valence-corrected chi connectivity index (χ3v) is 4.94. The Morgan fingerprint density at radius 3 is 1.33 bits per heavy atom. The van der Waals surface area contributed by atoms with E-state index in [4.69, 9.17) is 5.10 Å². The Balaban J connectivity index is 3.99. The number of aromatic nitrogens is 3. The quantitative estimate of drug-likeness (QED) is 0.760. The first-order valence-electron chi connectivity index (χ1n) is 9.53. The summed E-state index contributed by atoms with van der Waals surface area (Å²) in [5.41, 5.74) is 1.28. The van der Waals surface area contributed by atoms with Gasteiger partial charge in [-0.25, -0.2) is 0 Å². The van der Waals surface area contributed by atoms with Gasteiger partial charge in [-0.2, -0.15) is 5.10 Å². The van der Waals surface area contributed by atoms with E-state index >= 15 is 0 Å². The normalized spacial score (nSPS) is 14.4. The van der Waals surface area contributed by atoms with Crippen LogP contribution in [0.1, 0.15) is 83.1 Å². The van der Waals surface area contributed by atoms with Crippen molar-refractivity contribution in [2.45, 2.75) is 107 Å². The summed E-state index contributed by atoms with van der Waals surface area (Å²) < 4.78 is 7.44. The van der Waals surface area contributed by atoms with E-state index in [0.29, 0.717) is 0 Å². The summed E-state index contributed by atoms with van der Waals surface area (Å²) in [6.45, 7) is 29.9. The predicted octanol–water partition coefficient (Wildman–Crippen LogP) is 2.93. The van der Waals surface area contributed by atoms with Crippen LogP contribution in [0.15, 0.2) is 5.10 Å². The Hall–Kier alpha value is -0.800. The minimum absolute atomic E-state index is 0.0849. The molecule has 1 heterocycles. The lowest BCUT2D eigenvalue weighted by molar-refractivity contribution is -1.21. The molecule has 138 valence electrons. The van der Waals surface area contributed by atoms with Gasteiger partial charge >= 0.3 is 0 Å². The minimum atomic E-state index is 0.0849. The molecule has 4 nitrogen and oxygen atoms in total. The van der Waals surface area contributed by atoms with Crippen LogP contribution in [0.2, 0.25) is 0 Å². The summed E-state index contributed by atoms with van der Waals surface area (Å²) in [4.78, 5) is 0. The number of hydrogen-bond donors (Lipinski definition) is 0. The van der Waals surface area contributed by atoms with E-state index in [9.17, 15) is 0 Å². The lowest BCUT2D eigenvalue weighted by Crippen LogP contribution is -2.74. The zero-order valence-electron chi connectivity index (χ0n) is 18.4. The van der Waals surface area contributed by atoms with Gasteiger partial charge in [-0.3, -0.25) is 0 Å². The molecule has 0 unspecified atom stereocenters. The molecule has 0 atom stereocenters. The standard InChI is InChI=1S/C18H40B2N4/c1-13-22-19(17(7,8)9)24(21-15(3)16(4,5)6)20(18(10,11)12)23(22)14-2/h13-14H2,1-12H3. The predicted molar refractivity (Wildman–Crippen MR) is 106 cm³/mol. The van der Waals surface area contributed by atoms with Gasteiger partial charge in [0.2, 0.25) is 0 Å². The van der Waals surface area contributed by atoms with Gasteiger partial charge in [-0.1, -0.05) is 72.9 Å². The van der Waals surface area contributed by atoms with Crippen LogP contribution >= 0.6 is 0 Å². The average Bonchev–Trinajstić information content (AvgIpc) is 2.70. The Morgan fingerprint density at radius 2 is 1.12 bits per heavy atom. The van der Waals surface area contributed by atoms with Crippen molar-refractivity contribution in [3.8, 4) is 0 Å². The van der Waals surface area contributed by atoms with Gasteiger partial charge in [0, 0.05) is 5.41 Å². The monoisotopic (exact) mass is 334 g/mol. The molecule has 0 saturated carbocycles. The first kappa shape index (κ1) is 21.2. The maximum atomic E-state index is 5.21. The number of nitrogens with zero attached hydrogens (tertiary/aromatic N) is 4. The highest BCUT2D eigenvalue weighted by Crippen LogP contribution is 2.18. The van der Waals surface area contributed by atoms with E-state index in [-0.39, 0.29) is 29.3 Å². The molecule has 0 N–H and O–H groups in total. The van der Waals surface area contributed by atoms with Crippen LogP contribution in [0.3, 0.4) is 0 Å². The Morgan fingerprint density at radius 1 is 0.792 bits per heavy atom. The fraction of sp³-hybridized carbons (Fsp3) is 0.944. The molecule has 0 aliphatic heterocycles. The van der Waals surface area contributed by atoms with Crippen molar-refractivity contribution in [3.63, 3.8) is 0 Å². The average molecular weight is 334 g/mol. The maximum Gasteiger partial charge on any atom is 0.296 e. The summed E-state index contributed by atoms with van der Waals surface area (Å²) in [6.07, 6.45) is 0. The third kappa shape index (κ3) is 4.23. The Bertz CT molecular complexity index is 584. The van der Waals surface area contributed by atoms with Crippen LogP contribution in [0.5, 0.6) is 0 Å². The molecular formula is C18H40B2N4. The summed E-state index contributed by atoms with van der Waals surface area (Å²) in [6, 6.07) is 0. The second-order valence-corrected chi connectivity index (χ2v) is 10.3. The summed E-state index contributed by atoms with van der Waals surface area (Å²) >= 11 is 0. The van der Waals surface area contributed by atoms with Crippen LogP contribution in [0.4, 0.5) is 0 Å². The number of rotatable bonds is 3. The molecule has 1 aromatic heterocycles. The highest BCUT2D eigenvalue weighted by Gasteiger charge is 2.30. The molecule has 0 fully saturated rings. The Kier molecular flexibility index (Phi) is 6.05. The fourth-order valence-corrected chi connectivity index (χ4v) is 3.52. The first-order chi connectivity index (χ1) is 10.7. The van der Waals surface area contributed by atoms with Crippen LogP contribution in [0.25, 0.3) is 0 Å². The summed E-state index contributed by atoms with van der Waals surface area (Å²) in [5.74, 6) is 0. The summed E-state index contributed by atoms with van der Waals surface area (Å²) in [7, 11) is 0. The molecular weight excluding hydrogens is 294 g/mol. The zero-order chi connectivity index (χ0) is 19.1. The molecule has 0 spiro atoms. The fourth-order valence-electron chi connectivity index (χ4n) is 3.52. The van der Waals surface area contributed by atoms with Crippen LogP contribution < -0.4 is 9.18 Å². The van der Waals surface area contributed by atoms with Crippen molar-refractivity contribution >= 4 is 19.0 Å². The van der Waals surface area contributed by atoms with Crippen molar-refractivity contribution in [1.29, 1.82) is 0 Å². The second kappa shape index (κ2) is 6.84. The molecule has 0 aliphatic rings. The topological polar surface area (TPSA) is 25.0 Å². The molecule has 1 rings (SSSR count). The van der Waals surface area contributed by atoms with E-state index in [1.165, 1.54) is 5.71 Å². The van der Waals surface area contributed by atoms with Crippen molar-refractivity contribution in [2.75, 3.05) is 0 Å². The van der Waals surface area contributed by atoms with Crippen molar-refractivity contribution in [2.24, 2.45) is 10.5 Å². The molecule has 0 saturated heterocycles. The molecule has 0 aliphatic carbocycles. The van der Waals surface area contributed by atoms with Crippen molar-refractivity contribution < 1.29 is 9.18 Å². The molecule has 0 radical (unpaired) electrons. The van der Waals surface area contributed by atoms with Gasteiger partial charge in [0.25, 0.3) is 13.3 Å². The molecule has 0 amide bonds. The maximum absolute atomic E-state index is 5.21. The van der Waals surface area contributed by atoms with Crippen molar-refractivity contribution in [3.05, 3.63) is 0 Å². The van der Waals surface area contributed by atoms with Gasteiger partial charge in [-0.15, -0.1) is 0 Å². The first-order valence-corrected chi connectivity index (χ1v) is 9.53. The van der Waals surface area contributed by atoms with E-state index in [1.807, 2.05) is 0 Å². The van der Waals surface area contributed by atoms with E-state index in [2.05, 4.69) is 96.8 Å². The van der Waals surface area contributed by atoms with Gasteiger partial charge < -0.3 is 13.7 Å². The third-order valence-electron chi connectivity index (χ3n) is 4.94. The van der Waals surface area contributed by atoms with Gasteiger partial charge in [0.15, 0.2) is 0 Å². The summed E-state index contributed by atoms with van der Waals surface area (Å²) in [5, 5.41) is 5.44. The van der Waals surface area contributed by atoms with Crippen LogP contribution in [-0.2, 0) is 23.7 Å². The molecule has 6 heteroatoms. The Labute approximate surface area is 150 Å². The smallest absolute Gasteiger partial charge is 0.296 e. The lowest BCUT2D eigenvalue weighted by Gasteiger charge is -2.31. The van der Waals surface area contributed by atoms with Crippen LogP contribution in [0, 0.1) is 5.41 Å². The van der Waals surface area contributed by atoms with Gasteiger partial charge in [-0.05, 0) is 20.8 Å². The second-order valence-electron chi connectivity index (χ2n) is 10.3. The molecule has 0 bridgehead atoms. The molecule has 0 aromatic carbocycles. The van der Waals surface area contributed by atoms with E-state index in [1.54, 1.807) is 0 Å². The van der Waals surface area contributed by atoms with E-state index in [0.717, 1.165) is 13.1 Å². The number of hydrogen-bond acceptors (Lipinski definition) is 1. The van der Waals surface area contributed by atoms with Crippen molar-refractivity contribution in [1.82, 2.24) is 4.49 Å². The van der Waals surface area contributed by atoms with Gasteiger partial charge in [0.05, 0.1) is 18.8 Å². The lowest BCUT2D eigenvalue weighted by atomic mass is 9.55. The molecule has 1 aromatic rings. The zero-order valence-corrected chi connectivity index (χ0v) is 18.4. The van der Waals surface area contributed by atoms with Crippen LogP contribution in [-0.4, -0.2) is 23.5 Å². The minimum Gasteiger partial charge on any atom is -0.539 e. The molecule has 24 heavy (non-hydrogen) atoms. The van der Waals surface area contributed by atoms with Gasteiger partial charge in [0.1, 0.15) is 0 Å². The SMILES string of the molecule is CC[n+]1[b-](C(C)(C)C)n(N=C(C)C(C)(C)C)[b-](C(C)(C)C)[n+]1CC. The highest BCUT2D eigenvalue weighted by molar-refractivity contribution is 6.52. The largest absolute Gasteiger partial charge is 0.539 e. The highest BCUT2D eigenvalue weighted by atomic mass is 15.5. The van der Waals surface area contributed by atoms with E-state index < -0.39 is 0 Å².